The van der Waals surface area contributed by atoms with Crippen LogP contribution >= 0.6 is 11.6 Å². The maximum absolute atomic E-state index is 12.4. The number of carbonyl (C=O) groups is 2. The number of aryl methyl sites for hydroxylation is 1. The molecular formula is C21H19ClN4O2. The Kier molecular flexibility index (Phi) is 5.12. The van der Waals surface area contributed by atoms with E-state index >= 15 is 0 Å². The van der Waals surface area contributed by atoms with E-state index < -0.39 is 0 Å². The summed E-state index contributed by atoms with van der Waals surface area (Å²) in [4.78, 5) is 26.3. The molecule has 0 unspecified atom stereocenters. The number of aromatic nitrogens is 2. The largest absolute Gasteiger partial charge is 0.350 e. The number of benzene rings is 2. The molecule has 1 aliphatic heterocycles. The molecule has 0 saturated heterocycles. The van der Waals surface area contributed by atoms with E-state index in [0.717, 1.165) is 16.8 Å². The molecule has 2 heterocycles. The molecule has 0 saturated carbocycles. The van der Waals surface area contributed by atoms with Gasteiger partial charge in [-0.3, -0.25) is 14.5 Å². The quantitative estimate of drug-likeness (QED) is 0.722. The van der Waals surface area contributed by atoms with E-state index in [9.17, 15) is 9.59 Å². The van der Waals surface area contributed by atoms with Crippen LogP contribution in [0.1, 0.15) is 12.0 Å². The Balaban J connectivity index is 1.50. The fraction of sp³-hybridized carbons (Fsp3) is 0.190. The van der Waals surface area contributed by atoms with Crippen molar-refractivity contribution < 1.29 is 9.59 Å². The minimum Gasteiger partial charge on any atom is -0.350 e. The predicted molar refractivity (Wildman–Crippen MR) is 108 cm³/mol. The second kappa shape index (κ2) is 7.86. The van der Waals surface area contributed by atoms with Crippen molar-refractivity contribution in [2.75, 3.05) is 11.4 Å². The fourth-order valence-electron chi connectivity index (χ4n) is 3.18. The standard InChI is InChI=1S/C21H19ClN4O2/c22-17-8-6-16(7-9-17)18-12-20-25(21(28)10-11-26(20)24-18)14-19(27)23-13-15-4-2-1-3-5-15/h1-9,12H,10-11,13-14H2,(H,23,27). The molecule has 1 N–H and O–H groups in total. The Labute approximate surface area is 167 Å². The number of hydrogen-bond acceptors (Lipinski definition) is 3. The number of carbonyl (C=O) groups excluding carboxylic acids is 2. The second-order valence-corrected chi connectivity index (χ2v) is 7.05. The van der Waals surface area contributed by atoms with Gasteiger partial charge in [-0.2, -0.15) is 5.10 Å². The maximum atomic E-state index is 12.4. The lowest BCUT2D eigenvalue weighted by Crippen LogP contribution is -2.44. The summed E-state index contributed by atoms with van der Waals surface area (Å²) in [5.74, 6) is 0.348. The number of hydrogen-bond donors (Lipinski definition) is 1. The third-order valence-corrected chi connectivity index (χ3v) is 4.90. The molecule has 6 nitrogen and oxygen atoms in total. The van der Waals surface area contributed by atoms with Crippen molar-refractivity contribution in [3.05, 3.63) is 71.2 Å². The van der Waals surface area contributed by atoms with Gasteiger partial charge < -0.3 is 5.32 Å². The third-order valence-electron chi connectivity index (χ3n) is 4.65. The van der Waals surface area contributed by atoms with Gasteiger partial charge in [0.1, 0.15) is 12.4 Å². The highest BCUT2D eigenvalue weighted by Gasteiger charge is 2.28. The second-order valence-electron chi connectivity index (χ2n) is 6.61. The molecule has 1 aromatic heterocycles. The van der Waals surface area contributed by atoms with E-state index in [0.29, 0.717) is 30.4 Å². The van der Waals surface area contributed by atoms with E-state index in [1.54, 1.807) is 16.8 Å². The topological polar surface area (TPSA) is 67.2 Å². The van der Waals surface area contributed by atoms with E-state index in [2.05, 4.69) is 10.4 Å². The lowest BCUT2D eigenvalue weighted by molar-refractivity contribution is -0.124. The van der Waals surface area contributed by atoms with Gasteiger partial charge in [-0.05, 0) is 17.7 Å². The molecule has 0 spiro atoms. The molecule has 4 rings (SSSR count). The Morgan fingerprint density at radius 2 is 1.86 bits per heavy atom. The molecular weight excluding hydrogens is 376 g/mol. The van der Waals surface area contributed by atoms with Crippen molar-refractivity contribution in [1.82, 2.24) is 15.1 Å². The summed E-state index contributed by atoms with van der Waals surface area (Å²) >= 11 is 5.95. The highest BCUT2D eigenvalue weighted by Crippen LogP contribution is 2.28. The molecule has 0 bridgehead atoms. The number of fused-ring (bicyclic) bond motifs is 1. The molecule has 0 radical (unpaired) electrons. The van der Waals surface area contributed by atoms with Crippen molar-refractivity contribution in [3.63, 3.8) is 0 Å². The Bertz CT molecular complexity index is 999. The van der Waals surface area contributed by atoms with E-state index in [1.165, 1.54) is 4.90 Å². The average Bonchev–Trinajstić information content (AvgIpc) is 3.14. The zero-order chi connectivity index (χ0) is 19.5. The van der Waals surface area contributed by atoms with Gasteiger partial charge >= 0.3 is 0 Å². The van der Waals surface area contributed by atoms with Crippen molar-refractivity contribution in [2.24, 2.45) is 0 Å². The summed E-state index contributed by atoms with van der Waals surface area (Å²) in [6.07, 6.45) is 0.320. The number of rotatable bonds is 5. The molecule has 2 amide bonds. The zero-order valence-electron chi connectivity index (χ0n) is 15.1. The van der Waals surface area contributed by atoms with Gasteiger partial charge in [0.15, 0.2) is 0 Å². The molecule has 28 heavy (non-hydrogen) atoms. The van der Waals surface area contributed by atoms with Crippen LogP contribution in [0.4, 0.5) is 5.82 Å². The van der Waals surface area contributed by atoms with Crippen LogP contribution in [0, 0.1) is 0 Å². The number of anilines is 1. The summed E-state index contributed by atoms with van der Waals surface area (Å²) in [7, 11) is 0. The summed E-state index contributed by atoms with van der Waals surface area (Å²) in [5, 5.41) is 8.10. The zero-order valence-corrected chi connectivity index (χ0v) is 15.9. The number of nitrogens with one attached hydrogen (secondary N) is 1. The highest BCUT2D eigenvalue weighted by atomic mass is 35.5. The molecule has 1 aliphatic rings. The first-order valence-corrected chi connectivity index (χ1v) is 9.43. The Morgan fingerprint density at radius 3 is 2.61 bits per heavy atom. The normalized spacial score (nSPS) is 13.3. The smallest absolute Gasteiger partial charge is 0.240 e. The van der Waals surface area contributed by atoms with Crippen LogP contribution in [-0.2, 0) is 22.7 Å². The van der Waals surface area contributed by atoms with Crippen LogP contribution in [0.15, 0.2) is 60.7 Å². The minimum atomic E-state index is -0.208. The third kappa shape index (κ3) is 3.92. The monoisotopic (exact) mass is 394 g/mol. The molecule has 0 fully saturated rings. The SMILES string of the molecule is O=C(CN1C(=O)CCn2nc(-c3ccc(Cl)cc3)cc21)NCc1ccccc1. The summed E-state index contributed by atoms with van der Waals surface area (Å²) in [5.41, 5.74) is 2.67. The maximum Gasteiger partial charge on any atom is 0.240 e. The minimum absolute atomic E-state index is 0.0303. The molecule has 3 aromatic rings. The van der Waals surface area contributed by atoms with Gasteiger partial charge in [0, 0.05) is 29.6 Å². The van der Waals surface area contributed by atoms with Crippen molar-refractivity contribution in [2.45, 2.75) is 19.5 Å². The van der Waals surface area contributed by atoms with Crippen molar-refractivity contribution in [3.8, 4) is 11.3 Å². The van der Waals surface area contributed by atoms with Crippen LogP contribution in [-0.4, -0.2) is 28.1 Å². The van der Waals surface area contributed by atoms with Gasteiger partial charge in [0.05, 0.1) is 12.2 Å². The summed E-state index contributed by atoms with van der Waals surface area (Å²) in [6.45, 7) is 0.901. The van der Waals surface area contributed by atoms with Crippen LogP contribution in [0.25, 0.3) is 11.3 Å². The lowest BCUT2D eigenvalue weighted by Gasteiger charge is -2.26. The van der Waals surface area contributed by atoms with E-state index in [4.69, 9.17) is 11.6 Å². The Hall–Kier alpha value is -3.12. The summed E-state index contributed by atoms with van der Waals surface area (Å²) in [6, 6.07) is 18.9. The molecule has 2 aromatic carbocycles. The molecule has 0 aliphatic carbocycles. The first-order valence-electron chi connectivity index (χ1n) is 9.05. The lowest BCUT2D eigenvalue weighted by atomic mass is 10.1. The van der Waals surface area contributed by atoms with Crippen LogP contribution in [0.3, 0.4) is 0 Å². The van der Waals surface area contributed by atoms with Gasteiger partial charge in [-0.15, -0.1) is 0 Å². The average molecular weight is 395 g/mol. The van der Waals surface area contributed by atoms with Crippen LogP contribution in [0.5, 0.6) is 0 Å². The predicted octanol–water partition coefficient (Wildman–Crippen LogP) is 3.26. The number of nitrogens with zero attached hydrogens (tertiary/aromatic N) is 3. The van der Waals surface area contributed by atoms with Crippen molar-refractivity contribution in [1.29, 1.82) is 0 Å². The summed E-state index contributed by atoms with van der Waals surface area (Å²) < 4.78 is 1.77. The van der Waals surface area contributed by atoms with Crippen molar-refractivity contribution >= 4 is 29.2 Å². The van der Waals surface area contributed by atoms with Gasteiger partial charge in [-0.1, -0.05) is 54.1 Å². The highest BCUT2D eigenvalue weighted by molar-refractivity contribution is 6.30. The first-order chi connectivity index (χ1) is 13.6. The molecule has 0 atom stereocenters. The van der Waals surface area contributed by atoms with Crippen LogP contribution in [0.2, 0.25) is 5.02 Å². The van der Waals surface area contributed by atoms with Gasteiger partial charge in [-0.25, -0.2) is 4.68 Å². The fourth-order valence-corrected chi connectivity index (χ4v) is 3.31. The van der Waals surface area contributed by atoms with E-state index in [-0.39, 0.29) is 18.4 Å². The number of halogens is 1. The number of amides is 2. The van der Waals surface area contributed by atoms with Gasteiger partial charge in [0.2, 0.25) is 11.8 Å². The Morgan fingerprint density at radius 1 is 1.11 bits per heavy atom. The molecule has 7 heteroatoms. The van der Waals surface area contributed by atoms with Gasteiger partial charge in [0.25, 0.3) is 0 Å². The molecule has 142 valence electrons. The first kappa shape index (κ1) is 18.3. The van der Waals surface area contributed by atoms with E-state index in [1.807, 2.05) is 48.5 Å². The van der Waals surface area contributed by atoms with Crippen LogP contribution < -0.4 is 10.2 Å².